The molecule has 0 aliphatic carbocycles. The van der Waals surface area contributed by atoms with Crippen molar-refractivity contribution in [1.82, 2.24) is 14.9 Å². The standard InChI is InChI=1S/C26H33N5O3/c1-26(2,3)34-25(32)31-12-9-19(10-13-31)29-23-15-18(22-8-11-28-24(27-4)30-22)14-17-6-7-20(33-5)16-21(17)23/h6-8,11,14-16,19,29H,9-10,12-13H2,1-5H3,(H,27,28,30). The van der Waals surface area contributed by atoms with Crippen LogP contribution in [-0.4, -0.2) is 59.9 Å². The Hall–Kier alpha value is -3.55. The summed E-state index contributed by atoms with van der Waals surface area (Å²) in [4.78, 5) is 23.1. The molecule has 0 spiro atoms. The number of carbonyl (C=O) groups excluding carboxylic acids is 1. The summed E-state index contributed by atoms with van der Waals surface area (Å²) in [5.74, 6) is 1.39. The highest BCUT2D eigenvalue weighted by atomic mass is 16.6. The molecule has 0 radical (unpaired) electrons. The zero-order chi connectivity index (χ0) is 24.3. The molecule has 1 fully saturated rings. The van der Waals surface area contributed by atoms with Crippen LogP contribution in [0.4, 0.5) is 16.4 Å². The molecule has 3 aromatic rings. The molecule has 8 heteroatoms. The Labute approximate surface area is 200 Å². The van der Waals surface area contributed by atoms with Gasteiger partial charge in [0.15, 0.2) is 0 Å². The van der Waals surface area contributed by atoms with E-state index in [1.54, 1.807) is 18.2 Å². The third-order valence-electron chi connectivity index (χ3n) is 5.84. The van der Waals surface area contributed by atoms with Crippen LogP contribution in [-0.2, 0) is 4.74 Å². The van der Waals surface area contributed by atoms with Crippen molar-refractivity contribution < 1.29 is 14.3 Å². The van der Waals surface area contributed by atoms with E-state index >= 15 is 0 Å². The van der Waals surface area contributed by atoms with E-state index < -0.39 is 5.60 Å². The Morgan fingerprint density at radius 1 is 1.12 bits per heavy atom. The minimum absolute atomic E-state index is 0.238. The number of hydrogen-bond donors (Lipinski definition) is 2. The van der Waals surface area contributed by atoms with Gasteiger partial charge in [-0.2, -0.15) is 0 Å². The Kier molecular flexibility index (Phi) is 6.77. The lowest BCUT2D eigenvalue weighted by atomic mass is 10.00. The van der Waals surface area contributed by atoms with E-state index in [4.69, 9.17) is 9.47 Å². The fourth-order valence-corrected chi connectivity index (χ4v) is 4.12. The van der Waals surface area contributed by atoms with E-state index in [-0.39, 0.29) is 12.1 Å². The summed E-state index contributed by atoms with van der Waals surface area (Å²) in [5, 5.41) is 8.91. The first-order valence-electron chi connectivity index (χ1n) is 11.6. The first-order chi connectivity index (χ1) is 16.3. The van der Waals surface area contributed by atoms with Crippen molar-refractivity contribution in [2.45, 2.75) is 45.3 Å². The molecule has 0 unspecified atom stereocenters. The number of hydrogen-bond acceptors (Lipinski definition) is 7. The van der Waals surface area contributed by atoms with Crippen LogP contribution in [0.5, 0.6) is 5.75 Å². The fourth-order valence-electron chi connectivity index (χ4n) is 4.12. The molecule has 1 aromatic heterocycles. The Bertz CT molecular complexity index is 1170. The molecular formula is C26H33N5O3. The molecule has 1 saturated heterocycles. The largest absolute Gasteiger partial charge is 0.497 e. The summed E-state index contributed by atoms with van der Waals surface area (Å²) in [7, 11) is 3.48. The van der Waals surface area contributed by atoms with Crippen molar-refractivity contribution in [3.8, 4) is 17.0 Å². The zero-order valence-corrected chi connectivity index (χ0v) is 20.5. The first-order valence-corrected chi connectivity index (χ1v) is 11.6. The summed E-state index contributed by atoms with van der Waals surface area (Å²) >= 11 is 0. The van der Waals surface area contributed by atoms with Gasteiger partial charge < -0.3 is 25.0 Å². The van der Waals surface area contributed by atoms with Crippen molar-refractivity contribution in [1.29, 1.82) is 0 Å². The van der Waals surface area contributed by atoms with Gasteiger partial charge in [0, 0.05) is 49.0 Å². The molecule has 0 bridgehead atoms. The lowest BCUT2D eigenvalue weighted by Crippen LogP contribution is -2.44. The van der Waals surface area contributed by atoms with E-state index in [0.29, 0.717) is 19.0 Å². The second-order valence-corrected chi connectivity index (χ2v) is 9.51. The number of rotatable bonds is 5. The number of anilines is 2. The van der Waals surface area contributed by atoms with Gasteiger partial charge in [-0.05, 0) is 69.3 Å². The van der Waals surface area contributed by atoms with Crippen molar-refractivity contribution >= 4 is 28.5 Å². The molecule has 34 heavy (non-hydrogen) atoms. The SMILES string of the molecule is CNc1nccc(-c2cc(NC3CCN(C(=O)OC(C)(C)C)CC3)c3cc(OC)ccc3c2)n1. The highest BCUT2D eigenvalue weighted by Crippen LogP contribution is 2.34. The minimum Gasteiger partial charge on any atom is -0.497 e. The van der Waals surface area contributed by atoms with Crippen molar-refractivity contribution in [2.75, 3.05) is 37.9 Å². The molecule has 2 heterocycles. The number of nitrogens with zero attached hydrogens (tertiary/aromatic N) is 3. The lowest BCUT2D eigenvalue weighted by Gasteiger charge is -2.34. The van der Waals surface area contributed by atoms with Gasteiger partial charge in [-0.1, -0.05) is 6.07 Å². The van der Waals surface area contributed by atoms with Crippen LogP contribution in [0.25, 0.3) is 22.0 Å². The number of nitrogens with one attached hydrogen (secondary N) is 2. The quantitative estimate of drug-likeness (QED) is 0.540. The average Bonchev–Trinajstić information content (AvgIpc) is 2.83. The van der Waals surface area contributed by atoms with Crippen LogP contribution in [0.2, 0.25) is 0 Å². The van der Waals surface area contributed by atoms with Crippen LogP contribution in [0.15, 0.2) is 42.6 Å². The number of aromatic nitrogens is 2. The molecule has 0 saturated carbocycles. The molecule has 1 amide bonds. The number of fused-ring (bicyclic) bond motifs is 1. The van der Waals surface area contributed by atoms with Gasteiger partial charge in [0.1, 0.15) is 11.4 Å². The predicted octanol–water partition coefficient (Wildman–Crippen LogP) is 5.16. The van der Waals surface area contributed by atoms with Gasteiger partial charge in [-0.25, -0.2) is 14.8 Å². The maximum atomic E-state index is 12.4. The van der Waals surface area contributed by atoms with Gasteiger partial charge in [0.05, 0.1) is 12.8 Å². The third kappa shape index (κ3) is 5.50. The number of amides is 1. The minimum atomic E-state index is -0.487. The number of benzene rings is 2. The number of ether oxygens (including phenoxy) is 2. The molecular weight excluding hydrogens is 430 g/mol. The second-order valence-electron chi connectivity index (χ2n) is 9.51. The maximum Gasteiger partial charge on any atom is 0.410 e. The molecule has 180 valence electrons. The summed E-state index contributed by atoms with van der Waals surface area (Å²) in [5.41, 5.74) is 2.38. The van der Waals surface area contributed by atoms with Crippen molar-refractivity contribution in [2.24, 2.45) is 0 Å². The topological polar surface area (TPSA) is 88.6 Å². The smallest absolute Gasteiger partial charge is 0.410 e. The van der Waals surface area contributed by atoms with Gasteiger partial charge in [-0.3, -0.25) is 0 Å². The second kappa shape index (κ2) is 9.75. The van der Waals surface area contributed by atoms with Gasteiger partial charge in [0.25, 0.3) is 0 Å². The molecule has 1 aliphatic rings. The predicted molar refractivity (Wildman–Crippen MR) is 136 cm³/mol. The van der Waals surface area contributed by atoms with E-state index in [1.165, 1.54) is 0 Å². The first kappa shape index (κ1) is 23.6. The monoisotopic (exact) mass is 463 g/mol. The summed E-state index contributed by atoms with van der Waals surface area (Å²) < 4.78 is 11.0. The van der Waals surface area contributed by atoms with E-state index in [0.717, 1.165) is 46.3 Å². The lowest BCUT2D eigenvalue weighted by molar-refractivity contribution is 0.0210. The molecule has 8 nitrogen and oxygen atoms in total. The van der Waals surface area contributed by atoms with Crippen LogP contribution in [0.3, 0.4) is 0 Å². The summed E-state index contributed by atoms with van der Waals surface area (Å²) in [6.07, 6.45) is 3.19. The molecule has 1 aliphatic heterocycles. The van der Waals surface area contributed by atoms with Gasteiger partial charge >= 0.3 is 6.09 Å². The summed E-state index contributed by atoms with van der Waals surface area (Å²) in [6, 6.07) is 12.5. The van der Waals surface area contributed by atoms with E-state index in [2.05, 4.69) is 44.9 Å². The molecule has 0 atom stereocenters. The third-order valence-corrected chi connectivity index (χ3v) is 5.84. The van der Waals surface area contributed by atoms with Crippen LogP contribution in [0.1, 0.15) is 33.6 Å². The zero-order valence-electron chi connectivity index (χ0n) is 20.5. The highest BCUT2D eigenvalue weighted by Gasteiger charge is 2.27. The van der Waals surface area contributed by atoms with Crippen LogP contribution < -0.4 is 15.4 Å². The van der Waals surface area contributed by atoms with Crippen LogP contribution in [0, 0.1) is 0 Å². The summed E-state index contributed by atoms with van der Waals surface area (Å²) in [6.45, 7) is 6.99. The maximum absolute atomic E-state index is 12.4. The average molecular weight is 464 g/mol. The Balaban J connectivity index is 1.59. The van der Waals surface area contributed by atoms with E-state index in [9.17, 15) is 4.79 Å². The van der Waals surface area contributed by atoms with Crippen molar-refractivity contribution in [3.05, 3.63) is 42.6 Å². The number of methoxy groups -OCH3 is 1. The number of carbonyl (C=O) groups is 1. The van der Waals surface area contributed by atoms with Gasteiger partial charge in [-0.15, -0.1) is 0 Å². The number of likely N-dealkylation sites (tertiary alicyclic amines) is 1. The molecule has 4 rings (SSSR count). The molecule has 2 aromatic carbocycles. The van der Waals surface area contributed by atoms with E-state index in [1.807, 2.05) is 40.0 Å². The Morgan fingerprint density at radius 2 is 1.88 bits per heavy atom. The van der Waals surface area contributed by atoms with Gasteiger partial charge in [0.2, 0.25) is 5.95 Å². The van der Waals surface area contributed by atoms with Crippen molar-refractivity contribution in [3.63, 3.8) is 0 Å². The van der Waals surface area contributed by atoms with Crippen LogP contribution >= 0.6 is 0 Å². The fraction of sp³-hybridized carbons (Fsp3) is 0.423. The molecule has 2 N–H and O–H groups in total. The normalized spacial score (nSPS) is 14.7. The Morgan fingerprint density at radius 3 is 2.56 bits per heavy atom. The highest BCUT2D eigenvalue weighted by molar-refractivity contribution is 5.98. The number of piperidine rings is 1.